The molecule has 7 nitrogen and oxygen atoms in total. The van der Waals surface area contributed by atoms with Crippen LogP contribution in [0.2, 0.25) is 10.2 Å². The lowest BCUT2D eigenvalue weighted by Crippen LogP contribution is -2.64. The van der Waals surface area contributed by atoms with Gasteiger partial charge in [-0.1, -0.05) is 29.3 Å². The highest BCUT2D eigenvalue weighted by Gasteiger charge is 2.53. The predicted octanol–water partition coefficient (Wildman–Crippen LogP) is 4.26. The van der Waals surface area contributed by atoms with Gasteiger partial charge in [-0.15, -0.1) is 0 Å². The van der Waals surface area contributed by atoms with E-state index >= 15 is 0 Å². The minimum Gasteiger partial charge on any atom is -0.490 e. The van der Waals surface area contributed by atoms with E-state index in [0.717, 1.165) is 44.5 Å². The van der Waals surface area contributed by atoms with Crippen molar-refractivity contribution < 1.29 is 13.5 Å². The number of aryl methyl sites for hydroxylation is 1. The van der Waals surface area contributed by atoms with Gasteiger partial charge in [0.1, 0.15) is 15.9 Å². The molecular weight excluding hydrogens is 489 g/mol. The first-order valence-corrected chi connectivity index (χ1v) is 11.7. The van der Waals surface area contributed by atoms with Crippen molar-refractivity contribution in [3.05, 3.63) is 66.9 Å². The summed E-state index contributed by atoms with van der Waals surface area (Å²) in [5, 5.41) is 6.60. The molecule has 0 radical (unpaired) electrons. The van der Waals surface area contributed by atoms with Gasteiger partial charge in [-0.2, -0.15) is 13.9 Å². The summed E-state index contributed by atoms with van der Waals surface area (Å²) >= 11 is 12.0. The molecule has 2 fully saturated rings. The number of aromatic nitrogens is 3. The highest BCUT2D eigenvalue weighted by Crippen LogP contribution is 2.50. The van der Waals surface area contributed by atoms with Crippen LogP contribution < -0.4 is 15.9 Å². The van der Waals surface area contributed by atoms with E-state index in [2.05, 4.69) is 15.1 Å². The van der Waals surface area contributed by atoms with Gasteiger partial charge >= 0.3 is 6.55 Å². The number of nitrogens with zero attached hydrogens (tertiary/aromatic N) is 3. The number of H-pyrrole nitrogens is 1. The second kappa shape index (κ2) is 8.94. The van der Waals surface area contributed by atoms with Gasteiger partial charge in [-0.3, -0.25) is 9.59 Å². The summed E-state index contributed by atoms with van der Waals surface area (Å²) in [4.78, 5) is 26.3. The number of hydrogen-bond donors (Lipinski definition) is 1. The molecule has 180 valence electrons. The smallest absolute Gasteiger partial charge is 0.322 e. The van der Waals surface area contributed by atoms with Crippen LogP contribution in [0.3, 0.4) is 0 Å². The minimum absolute atomic E-state index is 0.00461. The number of alkyl halides is 2. The van der Waals surface area contributed by atoms with Crippen LogP contribution in [0.25, 0.3) is 10.8 Å². The molecule has 34 heavy (non-hydrogen) atoms. The molecule has 1 aliphatic carbocycles. The van der Waals surface area contributed by atoms with Crippen LogP contribution in [-0.4, -0.2) is 45.4 Å². The topological polar surface area (TPSA) is 80.2 Å². The summed E-state index contributed by atoms with van der Waals surface area (Å²) in [6.07, 6.45) is 4.97. The van der Waals surface area contributed by atoms with Gasteiger partial charge in [0.15, 0.2) is 0 Å². The van der Waals surface area contributed by atoms with Crippen LogP contribution >= 0.6 is 23.2 Å². The quantitative estimate of drug-likeness (QED) is 0.480. The van der Waals surface area contributed by atoms with Crippen molar-refractivity contribution in [2.45, 2.75) is 38.3 Å². The van der Waals surface area contributed by atoms with E-state index < -0.39 is 12.1 Å². The van der Waals surface area contributed by atoms with Gasteiger partial charge in [-0.05, 0) is 56.0 Å². The van der Waals surface area contributed by atoms with Crippen LogP contribution in [0, 0.1) is 5.41 Å². The Labute approximate surface area is 203 Å². The monoisotopic (exact) mass is 510 g/mol. The Kier molecular flexibility index (Phi) is 6.12. The van der Waals surface area contributed by atoms with Crippen molar-refractivity contribution in [2.75, 3.05) is 19.6 Å². The van der Waals surface area contributed by atoms with Crippen LogP contribution in [0.4, 0.5) is 8.78 Å². The first kappa shape index (κ1) is 23.3. The Hall–Kier alpha value is -2.49. The number of pyridine rings is 1. The standard InChI is InChI=1S/C23H22Cl2F2N4O3/c24-18-7-16-15(21(33)31(18)22(26)27)4-1-5-17(16)34-14-8-23(9-14)11-30(12-23)6-2-3-13-10-28-29-20(32)19(13)25/h1,4-5,7,10,14,22H,2-3,6,8-9,11-12H2,(H,29,32). The lowest BCUT2D eigenvalue weighted by Gasteiger charge is -2.58. The third-order valence-corrected chi connectivity index (χ3v) is 7.43. The summed E-state index contributed by atoms with van der Waals surface area (Å²) < 4.78 is 32.8. The fraction of sp³-hybridized carbons (Fsp3) is 0.435. The van der Waals surface area contributed by atoms with E-state index in [9.17, 15) is 18.4 Å². The predicted molar refractivity (Wildman–Crippen MR) is 125 cm³/mol. The molecule has 0 bridgehead atoms. The van der Waals surface area contributed by atoms with E-state index in [1.807, 2.05) is 0 Å². The molecule has 0 amide bonds. The number of nitrogens with one attached hydrogen (secondary N) is 1. The summed E-state index contributed by atoms with van der Waals surface area (Å²) in [7, 11) is 0. The molecule has 1 saturated heterocycles. The van der Waals surface area contributed by atoms with Crippen LogP contribution in [-0.2, 0) is 6.42 Å². The molecule has 2 aromatic heterocycles. The van der Waals surface area contributed by atoms with Crippen molar-refractivity contribution in [3.63, 3.8) is 0 Å². The maximum Gasteiger partial charge on any atom is 0.322 e. The Balaban J connectivity index is 1.15. The average molecular weight is 511 g/mol. The van der Waals surface area contributed by atoms with Gasteiger partial charge in [-0.25, -0.2) is 9.67 Å². The minimum atomic E-state index is -3.01. The normalized spacial score (nSPS) is 17.8. The number of hydrogen-bond acceptors (Lipinski definition) is 5. The zero-order valence-electron chi connectivity index (χ0n) is 18.1. The highest BCUT2D eigenvalue weighted by molar-refractivity contribution is 6.31. The second-order valence-electron chi connectivity index (χ2n) is 9.14. The molecule has 11 heteroatoms. The SMILES string of the molecule is O=c1[nH]ncc(CCCN2CC3(CC(Oc4cccc5c(=O)n(C(F)F)c(Cl)cc45)C3)C2)c1Cl. The molecule has 0 atom stereocenters. The molecule has 1 saturated carbocycles. The third-order valence-electron chi connectivity index (χ3n) is 6.73. The maximum atomic E-state index is 13.2. The second-order valence-corrected chi connectivity index (χ2v) is 9.90. The molecular formula is C23H22Cl2F2N4O3. The molecule has 1 aliphatic heterocycles. The van der Waals surface area contributed by atoms with Crippen LogP contribution in [0.5, 0.6) is 5.75 Å². The number of fused-ring (bicyclic) bond motifs is 1. The Bertz CT molecular complexity index is 1350. The van der Waals surface area contributed by atoms with Gasteiger partial charge in [0.05, 0.1) is 17.7 Å². The fourth-order valence-corrected chi connectivity index (χ4v) is 5.60. The van der Waals surface area contributed by atoms with Crippen molar-refractivity contribution in [1.82, 2.24) is 19.7 Å². The number of ether oxygens (including phenoxy) is 1. The van der Waals surface area contributed by atoms with E-state index in [1.54, 1.807) is 18.3 Å². The third kappa shape index (κ3) is 4.21. The zero-order valence-corrected chi connectivity index (χ0v) is 19.6. The average Bonchev–Trinajstić information content (AvgIpc) is 2.73. The first-order valence-electron chi connectivity index (χ1n) is 11.0. The van der Waals surface area contributed by atoms with Crippen molar-refractivity contribution in [1.29, 1.82) is 0 Å². The summed E-state index contributed by atoms with van der Waals surface area (Å²) in [5.74, 6) is 0.484. The largest absolute Gasteiger partial charge is 0.490 e. The zero-order chi connectivity index (χ0) is 24.0. The molecule has 0 unspecified atom stereocenters. The van der Waals surface area contributed by atoms with Gasteiger partial charge in [0.2, 0.25) is 0 Å². The van der Waals surface area contributed by atoms with Crippen LogP contribution in [0.15, 0.2) is 40.1 Å². The van der Waals surface area contributed by atoms with Crippen molar-refractivity contribution in [2.24, 2.45) is 5.41 Å². The fourth-order valence-electron chi connectivity index (χ4n) is 5.15. The molecule has 1 spiro atoms. The lowest BCUT2D eigenvalue weighted by atomic mass is 9.61. The Morgan fingerprint density at radius 1 is 1.21 bits per heavy atom. The van der Waals surface area contributed by atoms with Gasteiger partial charge in [0, 0.05) is 23.9 Å². The first-order chi connectivity index (χ1) is 16.3. The lowest BCUT2D eigenvalue weighted by molar-refractivity contribution is -0.118. The summed E-state index contributed by atoms with van der Waals surface area (Å²) in [6.45, 7) is -0.135. The summed E-state index contributed by atoms with van der Waals surface area (Å²) in [5.41, 5.74) is -0.206. The Morgan fingerprint density at radius 3 is 2.71 bits per heavy atom. The van der Waals surface area contributed by atoms with Gasteiger partial charge < -0.3 is 9.64 Å². The Morgan fingerprint density at radius 2 is 1.97 bits per heavy atom. The number of rotatable bonds is 7. The van der Waals surface area contributed by atoms with Gasteiger partial charge in [0.25, 0.3) is 11.1 Å². The van der Waals surface area contributed by atoms with E-state index in [1.165, 1.54) is 12.1 Å². The van der Waals surface area contributed by atoms with E-state index in [0.29, 0.717) is 17.6 Å². The molecule has 3 heterocycles. The molecule has 1 N–H and O–H groups in total. The maximum absolute atomic E-state index is 13.2. The van der Waals surface area contributed by atoms with Crippen molar-refractivity contribution >= 4 is 34.0 Å². The number of benzene rings is 1. The molecule has 5 rings (SSSR count). The molecule has 2 aliphatic rings. The number of aromatic amines is 1. The van der Waals surface area contributed by atoms with E-state index in [-0.39, 0.29) is 37.2 Å². The molecule has 1 aromatic carbocycles. The number of likely N-dealkylation sites (tertiary alicyclic amines) is 1. The van der Waals surface area contributed by atoms with E-state index in [4.69, 9.17) is 27.9 Å². The molecule has 3 aromatic rings. The number of halogens is 4. The van der Waals surface area contributed by atoms with Crippen molar-refractivity contribution in [3.8, 4) is 5.75 Å². The summed E-state index contributed by atoms with van der Waals surface area (Å²) in [6, 6.07) is 6.23. The highest BCUT2D eigenvalue weighted by atomic mass is 35.5. The van der Waals surface area contributed by atoms with Crippen LogP contribution in [0.1, 0.15) is 31.4 Å².